The quantitative estimate of drug-likeness (QED) is 0.645. The number of amides is 1. The molecule has 0 radical (unpaired) electrons. The molecule has 0 saturated carbocycles. The Bertz CT molecular complexity index is 756. The van der Waals surface area contributed by atoms with E-state index in [0.29, 0.717) is 17.1 Å². The van der Waals surface area contributed by atoms with Crippen LogP contribution in [0.3, 0.4) is 0 Å². The minimum absolute atomic E-state index is 0.148. The Morgan fingerprint density at radius 1 is 1.04 bits per heavy atom. The zero-order chi connectivity index (χ0) is 17.5. The molecule has 0 aliphatic carbocycles. The molecule has 0 bridgehead atoms. The van der Waals surface area contributed by atoms with Gasteiger partial charge in [0.1, 0.15) is 0 Å². The molecule has 1 N–H and O–H groups in total. The first-order chi connectivity index (χ1) is 11.5. The van der Waals surface area contributed by atoms with Crippen LogP contribution in [0.15, 0.2) is 48.5 Å². The number of ether oxygens (including phenoxy) is 1. The summed E-state index contributed by atoms with van der Waals surface area (Å²) >= 11 is 5.78. The number of Topliss-reactive ketones (excluding diaryl/α,β-unsaturated/α-hetero) is 1. The second-order valence-electron chi connectivity index (χ2n) is 5.12. The van der Waals surface area contributed by atoms with E-state index in [-0.39, 0.29) is 11.3 Å². The van der Waals surface area contributed by atoms with E-state index in [1.165, 1.54) is 19.1 Å². The van der Waals surface area contributed by atoms with Crippen molar-refractivity contribution in [1.29, 1.82) is 0 Å². The van der Waals surface area contributed by atoms with Gasteiger partial charge in [-0.1, -0.05) is 35.9 Å². The Balaban J connectivity index is 1.82. The van der Waals surface area contributed by atoms with E-state index >= 15 is 0 Å². The number of esters is 1. The van der Waals surface area contributed by atoms with Gasteiger partial charge in [-0.2, -0.15) is 0 Å². The summed E-state index contributed by atoms with van der Waals surface area (Å²) in [6.45, 7) is 1.33. The molecule has 1 amide bonds. The summed E-state index contributed by atoms with van der Waals surface area (Å²) in [6.07, 6.45) is 0. The molecular weight excluding hydrogens is 330 g/mol. The molecule has 0 aliphatic rings. The zero-order valence-corrected chi connectivity index (χ0v) is 13.8. The number of hydrogen-bond acceptors (Lipinski definition) is 4. The van der Waals surface area contributed by atoms with Crippen molar-refractivity contribution in [2.24, 2.45) is 0 Å². The summed E-state index contributed by atoms with van der Waals surface area (Å²) in [6, 6.07) is 13.2. The Kier molecular flexibility index (Phi) is 6.09. The van der Waals surface area contributed by atoms with Crippen LogP contribution in [-0.4, -0.2) is 24.3 Å². The van der Waals surface area contributed by atoms with Gasteiger partial charge < -0.3 is 10.1 Å². The molecule has 5 nitrogen and oxygen atoms in total. The van der Waals surface area contributed by atoms with Gasteiger partial charge in [-0.15, -0.1) is 0 Å². The zero-order valence-electron chi connectivity index (χ0n) is 13.0. The lowest BCUT2D eigenvalue weighted by Gasteiger charge is -2.07. The molecule has 0 spiro atoms. The molecule has 0 heterocycles. The summed E-state index contributed by atoms with van der Waals surface area (Å²) in [5, 5.41) is 3.26. The van der Waals surface area contributed by atoms with Crippen LogP contribution in [0.2, 0.25) is 5.02 Å². The Morgan fingerprint density at radius 3 is 2.38 bits per heavy atom. The number of ketones is 1. The van der Waals surface area contributed by atoms with Crippen LogP contribution in [0.5, 0.6) is 0 Å². The Hall–Kier alpha value is -2.66. The van der Waals surface area contributed by atoms with Crippen molar-refractivity contribution in [3.05, 3.63) is 70.2 Å². The topological polar surface area (TPSA) is 72.5 Å². The van der Waals surface area contributed by atoms with Crippen molar-refractivity contribution in [1.82, 2.24) is 5.32 Å². The number of halogens is 1. The van der Waals surface area contributed by atoms with Gasteiger partial charge >= 0.3 is 5.97 Å². The molecule has 0 saturated heterocycles. The van der Waals surface area contributed by atoms with Crippen molar-refractivity contribution in [2.45, 2.75) is 13.5 Å². The Labute approximate surface area is 144 Å². The maximum atomic E-state index is 11.9. The lowest BCUT2D eigenvalue weighted by Crippen LogP contribution is -2.28. The molecule has 0 atom stereocenters. The van der Waals surface area contributed by atoms with Gasteiger partial charge in [0.25, 0.3) is 5.91 Å². The first kappa shape index (κ1) is 17.7. The van der Waals surface area contributed by atoms with Crippen molar-refractivity contribution in [2.75, 3.05) is 6.61 Å². The highest BCUT2D eigenvalue weighted by molar-refractivity contribution is 6.30. The smallest absolute Gasteiger partial charge is 0.338 e. The predicted molar refractivity (Wildman–Crippen MR) is 90.0 cm³/mol. The maximum absolute atomic E-state index is 11.9. The van der Waals surface area contributed by atoms with Gasteiger partial charge in [0, 0.05) is 17.1 Å². The highest BCUT2D eigenvalue weighted by Crippen LogP contribution is 2.09. The van der Waals surface area contributed by atoms with Crippen molar-refractivity contribution in [3.8, 4) is 0 Å². The first-order valence-electron chi connectivity index (χ1n) is 7.25. The Morgan fingerprint density at radius 2 is 1.71 bits per heavy atom. The summed E-state index contributed by atoms with van der Waals surface area (Å²) in [4.78, 5) is 34.9. The fourth-order valence-corrected chi connectivity index (χ4v) is 2.06. The molecule has 124 valence electrons. The number of hydrogen-bond donors (Lipinski definition) is 1. The summed E-state index contributed by atoms with van der Waals surface area (Å²) in [7, 11) is 0. The minimum atomic E-state index is -0.653. The normalized spacial score (nSPS) is 10.1. The van der Waals surface area contributed by atoms with Gasteiger partial charge in [0.2, 0.25) is 0 Å². The standard InChI is InChI=1S/C18H16ClNO4/c1-12(21)14-3-2-4-15(9-14)18(23)24-11-17(22)20-10-13-5-7-16(19)8-6-13/h2-9H,10-11H2,1H3,(H,20,22). The van der Waals surface area contributed by atoms with Crippen LogP contribution >= 0.6 is 11.6 Å². The van der Waals surface area contributed by atoms with E-state index < -0.39 is 18.5 Å². The summed E-state index contributed by atoms with van der Waals surface area (Å²) < 4.78 is 4.95. The maximum Gasteiger partial charge on any atom is 0.338 e. The fraction of sp³-hybridized carbons (Fsp3) is 0.167. The molecule has 0 aromatic heterocycles. The fourth-order valence-electron chi connectivity index (χ4n) is 1.93. The highest BCUT2D eigenvalue weighted by Gasteiger charge is 2.11. The average Bonchev–Trinajstić information content (AvgIpc) is 2.59. The monoisotopic (exact) mass is 345 g/mol. The first-order valence-corrected chi connectivity index (χ1v) is 7.63. The SMILES string of the molecule is CC(=O)c1cccc(C(=O)OCC(=O)NCc2ccc(Cl)cc2)c1. The molecular formula is C18H16ClNO4. The van der Waals surface area contributed by atoms with Gasteiger partial charge in [-0.05, 0) is 36.8 Å². The molecule has 0 unspecified atom stereocenters. The van der Waals surface area contributed by atoms with Crippen LogP contribution in [0.1, 0.15) is 33.2 Å². The van der Waals surface area contributed by atoms with E-state index in [1.807, 2.05) is 0 Å². The summed E-state index contributed by atoms with van der Waals surface area (Å²) in [5.41, 5.74) is 1.53. The van der Waals surface area contributed by atoms with Crippen molar-refractivity contribution in [3.63, 3.8) is 0 Å². The second kappa shape index (κ2) is 8.26. The third-order valence-corrected chi connectivity index (χ3v) is 3.49. The molecule has 0 aliphatic heterocycles. The van der Waals surface area contributed by atoms with E-state index in [9.17, 15) is 14.4 Å². The molecule has 2 aromatic carbocycles. The highest BCUT2D eigenvalue weighted by atomic mass is 35.5. The molecule has 2 aromatic rings. The van der Waals surface area contributed by atoms with Gasteiger partial charge in [-0.25, -0.2) is 4.79 Å². The lowest BCUT2D eigenvalue weighted by molar-refractivity contribution is -0.124. The molecule has 24 heavy (non-hydrogen) atoms. The largest absolute Gasteiger partial charge is 0.452 e. The van der Waals surface area contributed by atoms with Crippen LogP contribution in [-0.2, 0) is 16.1 Å². The van der Waals surface area contributed by atoms with Crippen molar-refractivity contribution >= 4 is 29.3 Å². The molecule has 6 heteroatoms. The van der Waals surface area contributed by atoms with Gasteiger partial charge in [-0.3, -0.25) is 9.59 Å². The predicted octanol–water partition coefficient (Wildman–Crippen LogP) is 3.02. The minimum Gasteiger partial charge on any atom is -0.452 e. The van der Waals surface area contributed by atoms with Gasteiger partial charge in [0.05, 0.1) is 5.56 Å². The number of rotatable bonds is 6. The third-order valence-electron chi connectivity index (χ3n) is 3.24. The molecule has 0 fully saturated rings. The average molecular weight is 346 g/mol. The van der Waals surface area contributed by atoms with Crippen molar-refractivity contribution < 1.29 is 19.1 Å². The lowest BCUT2D eigenvalue weighted by atomic mass is 10.1. The van der Waals surface area contributed by atoms with E-state index in [2.05, 4.69) is 5.32 Å². The van der Waals surface area contributed by atoms with Crippen LogP contribution in [0.25, 0.3) is 0 Å². The number of benzene rings is 2. The number of nitrogens with one attached hydrogen (secondary N) is 1. The second-order valence-corrected chi connectivity index (χ2v) is 5.55. The third kappa shape index (κ3) is 5.21. The molecule has 2 rings (SSSR count). The van der Waals surface area contributed by atoms with Crippen LogP contribution in [0, 0.1) is 0 Å². The van der Waals surface area contributed by atoms with Gasteiger partial charge in [0.15, 0.2) is 12.4 Å². The summed E-state index contributed by atoms with van der Waals surface area (Å²) in [5.74, 6) is -1.22. The number of carbonyl (C=O) groups is 3. The van der Waals surface area contributed by atoms with Crippen LogP contribution < -0.4 is 5.32 Å². The van der Waals surface area contributed by atoms with Crippen LogP contribution in [0.4, 0.5) is 0 Å². The number of carbonyl (C=O) groups excluding carboxylic acids is 3. The van der Waals surface area contributed by atoms with E-state index in [4.69, 9.17) is 16.3 Å². The van der Waals surface area contributed by atoms with E-state index in [1.54, 1.807) is 36.4 Å². The van der Waals surface area contributed by atoms with E-state index in [0.717, 1.165) is 5.56 Å².